The van der Waals surface area contributed by atoms with Gasteiger partial charge in [0, 0.05) is 0 Å². The zero-order chi connectivity index (χ0) is 13.5. The lowest BCUT2D eigenvalue weighted by atomic mass is 10.1. The van der Waals surface area contributed by atoms with Crippen molar-refractivity contribution in [3.05, 3.63) is 35.6 Å². The van der Waals surface area contributed by atoms with Gasteiger partial charge in [0.05, 0.1) is 17.5 Å². The topological polar surface area (TPSA) is 55.1 Å². The summed E-state index contributed by atoms with van der Waals surface area (Å²) in [5.41, 5.74) is 5.91. The van der Waals surface area contributed by atoms with E-state index < -0.39 is 0 Å². The standard InChI is InChI=1S/C13H17FN2OS/c1-2-5-11(13(15)18)16-12(17)8-9-6-3-4-7-10(9)14/h3-4,6-7,11H,2,5,8H2,1H3,(H2,15,18)(H,16,17). The van der Waals surface area contributed by atoms with Crippen LogP contribution in [0.5, 0.6) is 0 Å². The van der Waals surface area contributed by atoms with Crippen LogP contribution in [0.1, 0.15) is 25.3 Å². The molecule has 0 spiro atoms. The molecule has 3 N–H and O–H groups in total. The molecule has 0 heterocycles. The van der Waals surface area contributed by atoms with E-state index in [0.717, 1.165) is 6.42 Å². The fourth-order valence-corrected chi connectivity index (χ4v) is 1.81. The predicted molar refractivity (Wildman–Crippen MR) is 73.7 cm³/mol. The number of hydrogen-bond donors (Lipinski definition) is 2. The average molecular weight is 268 g/mol. The lowest BCUT2D eigenvalue weighted by molar-refractivity contribution is -0.120. The Kier molecular flexibility index (Phi) is 5.71. The smallest absolute Gasteiger partial charge is 0.225 e. The molecule has 1 unspecified atom stereocenters. The first kappa shape index (κ1) is 14.6. The van der Waals surface area contributed by atoms with Crippen molar-refractivity contribution in [2.45, 2.75) is 32.2 Å². The van der Waals surface area contributed by atoms with Crippen molar-refractivity contribution >= 4 is 23.1 Å². The molecule has 1 rings (SSSR count). The van der Waals surface area contributed by atoms with E-state index in [-0.39, 0.29) is 29.2 Å². The number of benzene rings is 1. The minimum Gasteiger partial charge on any atom is -0.392 e. The molecule has 98 valence electrons. The summed E-state index contributed by atoms with van der Waals surface area (Å²) in [6, 6.07) is 5.89. The summed E-state index contributed by atoms with van der Waals surface area (Å²) < 4.78 is 13.4. The Hall–Kier alpha value is -1.49. The molecule has 0 saturated carbocycles. The van der Waals surface area contributed by atoms with Gasteiger partial charge >= 0.3 is 0 Å². The summed E-state index contributed by atoms with van der Waals surface area (Å²) in [7, 11) is 0. The van der Waals surface area contributed by atoms with E-state index in [1.54, 1.807) is 18.2 Å². The summed E-state index contributed by atoms with van der Waals surface area (Å²) in [6.07, 6.45) is 1.55. The summed E-state index contributed by atoms with van der Waals surface area (Å²) in [5, 5.41) is 2.72. The minimum absolute atomic E-state index is 0.00446. The Morgan fingerprint density at radius 1 is 1.50 bits per heavy atom. The van der Waals surface area contributed by atoms with E-state index in [1.165, 1.54) is 6.07 Å². The van der Waals surface area contributed by atoms with Crippen molar-refractivity contribution < 1.29 is 9.18 Å². The van der Waals surface area contributed by atoms with Crippen LogP contribution in [0.3, 0.4) is 0 Å². The van der Waals surface area contributed by atoms with E-state index in [1.807, 2.05) is 6.92 Å². The van der Waals surface area contributed by atoms with Crippen molar-refractivity contribution in [2.24, 2.45) is 5.73 Å². The second-order valence-electron chi connectivity index (χ2n) is 4.08. The molecule has 0 aliphatic carbocycles. The Morgan fingerprint density at radius 2 is 2.17 bits per heavy atom. The Morgan fingerprint density at radius 3 is 2.72 bits per heavy atom. The Balaban J connectivity index is 2.61. The van der Waals surface area contributed by atoms with E-state index in [9.17, 15) is 9.18 Å². The van der Waals surface area contributed by atoms with E-state index in [2.05, 4.69) is 5.32 Å². The maximum Gasteiger partial charge on any atom is 0.225 e. The van der Waals surface area contributed by atoms with Crippen LogP contribution in [0.15, 0.2) is 24.3 Å². The molecule has 1 aromatic carbocycles. The Labute approximate surface area is 112 Å². The van der Waals surface area contributed by atoms with Gasteiger partial charge in [0.25, 0.3) is 0 Å². The maximum atomic E-state index is 13.4. The molecular formula is C13H17FN2OS. The van der Waals surface area contributed by atoms with Gasteiger partial charge in [-0.05, 0) is 18.1 Å². The van der Waals surface area contributed by atoms with E-state index >= 15 is 0 Å². The molecule has 0 fully saturated rings. The lowest BCUT2D eigenvalue weighted by Gasteiger charge is -2.16. The van der Waals surface area contributed by atoms with Gasteiger partial charge in [-0.1, -0.05) is 43.8 Å². The third-order valence-electron chi connectivity index (χ3n) is 2.56. The monoisotopic (exact) mass is 268 g/mol. The maximum absolute atomic E-state index is 13.4. The number of carbonyl (C=O) groups is 1. The van der Waals surface area contributed by atoms with Crippen LogP contribution in [-0.4, -0.2) is 16.9 Å². The molecule has 0 radical (unpaired) electrons. The third-order valence-corrected chi connectivity index (χ3v) is 2.85. The normalized spacial score (nSPS) is 11.9. The molecule has 0 aliphatic heterocycles. The van der Waals surface area contributed by atoms with E-state index in [4.69, 9.17) is 18.0 Å². The molecule has 0 saturated heterocycles. The second kappa shape index (κ2) is 7.06. The van der Waals surface area contributed by atoms with Crippen LogP contribution < -0.4 is 11.1 Å². The number of rotatable bonds is 6. The highest BCUT2D eigenvalue weighted by Crippen LogP contribution is 2.07. The fourth-order valence-electron chi connectivity index (χ4n) is 1.63. The van der Waals surface area contributed by atoms with E-state index in [0.29, 0.717) is 12.0 Å². The molecule has 0 aromatic heterocycles. The first-order chi connectivity index (χ1) is 8.54. The number of nitrogens with two attached hydrogens (primary N) is 1. The van der Waals surface area contributed by atoms with Gasteiger partial charge in [0.15, 0.2) is 0 Å². The van der Waals surface area contributed by atoms with Crippen LogP contribution >= 0.6 is 12.2 Å². The average Bonchev–Trinajstić information content (AvgIpc) is 2.31. The van der Waals surface area contributed by atoms with Gasteiger partial charge in [0.1, 0.15) is 5.82 Å². The van der Waals surface area contributed by atoms with Crippen molar-refractivity contribution in [1.82, 2.24) is 5.32 Å². The second-order valence-corrected chi connectivity index (χ2v) is 4.55. The van der Waals surface area contributed by atoms with Crippen molar-refractivity contribution in [1.29, 1.82) is 0 Å². The van der Waals surface area contributed by atoms with Gasteiger partial charge in [-0.25, -0.2) is 4.39 Å². The van der Waals surface area contributed by atoms with Crippen LogP contribution in [0, 0.1) is 5.82 Å². The minimum atomic E-state index is -0.380. The largest absolute Gasteiger partial charge is 0.392 e. The Bertz CT molecular complexity index is 437. The highest BCUT2D eigenvalue weighted by atomic mass is 32.1. The van der Waals surface area contributed by atoms with Gasteiger partial charge in [0.2, 0.25) is 5.91 Å². The molecule has 3 nitrogen and oxygen atoms in total. The quantitative estimate of drug-likeness (QED) is 0.775. The number of thiocarbonyl (C=S) groups is 1. The number of amides is 1. The highest BCUT2D eigenvalue weighted by molar-refractivity contribution is 7.80. The zero-order valence-corrected chi connectivity index (χ0v) is 11.1. The van der Waals surface area contributed by atoms with Crippen LogP contribution in [-0.2, 0) is 11.2 Å². The number of halogens is 1. The SMILES string of the molecule is CCCC(NC(=O)Cc1ccccc1F)C(N)=S. The van der Waals surface area contributed by atoms with Crippen LogP contribution in [0.25, 0.3) is 0 Å². The summed E-state index contributed by atoms with van der Waals surface area (Å²) in [5.74, 6) is -0.652. The van der Waals surface area contributed by atoms with Gasteiger partial charge in [-0.15, -0.1) is 0 Å². The molecule has 1 amide bonds. The van der Waals surface area contributed by atoms with Crippen molar-refractivity contribution in [3.8, 4) is 0 Å². The summed E-state index contributed by atoms with van der Waals surface area (Å²) >= 11 is 4.88. The number of carbonyl (C=O) groups excluding carboxylic acids is 1. The van der Waals surface area contributed by atoms with Gasteiger partial charge < -0.3 is 11.1 Å². The fraction of sp³-hybridized carbons (Fsp3) is 0.385. The summed E-state index contributed by atoms with van der Waals surface area (Å²) in [4.78, 5) is 12.0. The van der Waals surface area contributed by atoms with Gasteiger partial charge in [-0.3, -0.25) is 4.79 Å². The van der Waals surface area contributed by atoms with Gasteiger partial charge in [-0.2, -0.15) is 0 Å². The zero-order valence-electron chi connectivity index (χ0n) is 10.3. The molecule has 0 aliphatic rings. The predicted octanol–water partition coefficient (Wildman–Crippen LogP) is 1.94. The van der Waals surface area contributed by atoms with Crippen molar-refractivity contribution in [3.63, 3.8) is 0 Å². The molecular weight excluding hydrogens is 251 g/mol. The number of nitrogens with one attached hydrogen (secondary N) is 1. The first-order valence-electron chi connectivity index (χ1n) is 5.86. The molecule has 1 aromatic rings. The van der Waals surface area contributed by atoms with Crippen LogP contribution in [0.2, 0.25) is 0 Å². The first-order valence-corrected chi connectivity index (χ1v) is 6.27. The lowest BCUT2D eigenvalue weighted by Crippen LogP contribution is -2.44. The highest BCUT2D eigenvalue weighted by Gasteiger charge is 2.15. The molecule has 1 atom stereocenters. The third kappa shape index (κ3) is 4.41. The number of hydrogen-bond acceptors (Lipinski definition) is 2. The molecule has 18 heavy (non-hydrogen) atoms. The summed E-state index contributed by atoms with van der Waals surface area (Å²) in [6.45, 7) is 1.98. The molecule has 5 heteroatoms. The van der Waals surface area contributed by atoms with Crippen LogP contribution in [0.4, 0.5) is 4.39 Å². The molecule has 0 bridgehead atoms. The van der Waals surface area contributed by atoms with Crippen molar-refractivity contribution in [2.75, 3.05) is 0 Å².